The average Bonchev–Trinajstić information content (AvgIpc) is 3.30. The van der Waals surface area contributed by atoms with E-state index in [1.807, 2.05) is 12.1 Å². The van der Waals surface area contributed by atoms with Gasteiger partial charge in [-0.15, -0.1) is 24.0 Å². The number of hydrogen-bond donors (Lipinski definition) is 2. The molecule has 1 aromatic rings. The number of benzene rings is 1. The summed E-state index contributed by atoms with van der Waals surface area (Å²) in [5.74, 6) is 0.834. The third-order valence-electron chi connectivity index (χ3n) is 5.86. The zero-order valence-corrected chi connectivity index (χ0v) is 22.0. The zero-order chi connectivity index (χ0) is 21.4. The van der Waals surface area contributed by atoms with Crippen LogP contribution >= 0.6 is 24.0 Å². The minimum absolute atomic E-state index is 0. The second-order valence-electron chi connectivity index (χ2n) is 8.21. The predicted molar refractivity (Wildman–Crippen MR) is 138 cm³/mol. The van der Waals surface area contributed by atoms with Crippen LogP contribution in [0.25, 0.3) is 0 Å². The lowest BCUT2D eigenvalue weighted by Crippen LogP contribution is -2.48. The van der Waals surface area contributed by atoms with Crippen molar-refractivity contribution in [2.75, 3.05) is 39.3 Å². The Balaban J connectivity index is 0.00000341. The highest BCUT2D eigenvalue weighted by Gasteiger charge is 2.26. The highest BCUT2D eigenvalue weighted by molar-refractivity contribution is 14.0. The Bertz CT molecular complexity index is 787. The van der Waals surface area contributed by atoms with Crippen molar-refractivity contribution in [1.82, 2.24) is 19.8 Å². The summed E-state index contributed by atoms with van der Waals surface area (Å²) in [5, 5.41) is 6.90. The van der Waals surface area contributed by atoms with Crippen molar-refractivity contribution in [3.05, 3.63) is 29.8 Å². The van der Waals surface area contributed by atoms with E-state index >= 15 is 0 Å². The fourth-order valence-electron chi connectivity index (χ4n) is 4.15. The van der Waals surface area contributed by atoms with Gasteiger partial charge in [0.1, 0.15) is 0 Å². The van der Waals surface area contributed by atoms with Gasteiger partial charge >= 0.3 is 0 Å². The second kappa shape index (κ2) is 13.0. The molecule has 2 aliphatic heterocycles. The van der Waals surface area contributed by atoms with E-state index in [1.165, 1.54) is 13.0 Å². The number of likely N-dealkylation sites (tertiary alicyclic amines) is 1. The van der Waals surface area contributed by atoms with Crippen LogP contribution < -0.4 is 10.6 Å². The van der Waals surface area contributed by atoms with E-state index in [0.717, 1.165) is 56.8 Å². The molecule has 0 saturated carbocycles. The maximum absolute atomic E-state index is 12.7. The first-order valence-corrected chi connectivity index (χ1v) is 12.8. The molecule has 2 aliphatic rings. The SMILES string of the molecule is CCCN1CCC(NC(=NCc2ccc(S(=O)(=O)N3CCCC3)cc2)NCC)CC1.I. The predicted octanol–water partition coefficient (Wildman–Crippen LogP) is 3.02. The Hall–Kier alpha value is -0.910. The number of piperidine rings is 1. The van der Waals surface area contributed by atoms with Gasteiger partial charge in [-0.25, -0.2) is 13.4 Å². The van der Waals surface area contributed by atoms with E-state index in [9.17, 15) is 8.42 Å². The number of guanidine groups is 1. The highest BCUT2D eigenvalue weighted by atomic mass is 127. The van der Waals surface area contributed by atoms with Crippen LogP contribution in [0.4, 0.5) is 0 Å². The molecule has 0 unspecified atom stereocenters. The summed E-state index contributed by atoms with van der Waals surface area (Å²) in [6.45, 7) is 10.3. The molecular weight excluding hydrogens is 525 g/mol. The molecule has 2 saturated heterocycles. The number of aliphatic imine (C=N–C) groups is 1. The number of sulfonamides is 1. The summed E-state index contributed by atoms with van der Waals surface area (Å²) >= 11 is 0. The van der Waals surface area contributed by atoms with Crippen LogP contribution in [0.15, 0.2) is 34.2 Å². The lowest BCUT2D eigenvalue weighted by molar-refractivity contribution is 0.206. The quantitative estimate of drug-likeness (QED) is 0.289. The van der Waals surface area contributed by atoms with Crippen LogP contribution in [0.5, 0.6) is 0 Å². The van der Waals surface area contributed by atoms with Crippen LogP contribution in [0.3, 0.4) is 0 Å². The van der Waals surface area contributed by atoms with Gasteiger partial charge in [-0.3, -0.25) is 0 Å². The molecule has 2 fully saturated rings. The van der Waals surface area contributed by atoms with Gasteiger partial charge in [0, 0.05) is 38.8 Å². The van der Waals surface area contributed by atoms with Crippen molar-refractivity contribution >= 4 is 40.0 Å². The van der Waals surface area contributed by atoms with Crippen LogP contribution in [0.1, 0.15) is 51.5 Å². The van der Waals surface area contributed by atoms with Crippen molar-refractivity contribution in [3.8, 4) is 0 Å². The second-order valence-corrected chi connectivity index (χ2v) is 10.1. The first-order chi connectivity index (χ1) is 14.5. The van der Waals surface area contributed by atoms with Crippen LogP contribution in [-0.4, -0.2) is 68.9 Å². The molecule has 2 N–H and O–H groups in total. The molecule has 0 aromatic heterocycles. The smallest absolute Gasteiger partial charge is 0.243 e. The third kappa shape index (κ3) is 7.57. The molecule has 3 rings (SSSR count). The van der Waals surface area contributed by atoms with E-state index in [4.69, 9.17) is 4.99 Å². The molecule has 176 valence electrons. The van der Waals surface area contributed by atoms with Crippen molar-refractivity contribution in [3.63, 3.8) is 0 Å². The summed E-state index contributed by atoms with van der Waals surface area (Å²) in [7, 11) is -3.35. The number of rotatable bonds is 8. The van der Waals surface area contributed by atoms with E-state index in [1.54, 1.807) is 16.4 Å². The molecule has 0 bridgehead atoms. The van der Waals surface area contributed by atoms with Gasteiger partial charge in [0.05, 0.1) is 11.4 Å². The highest BCUT2D eigenvalue weighted by Crippen LogP contribution is 2.21. The van der Waals surface area contributed by atoms with E-state index in [2.05, 4.69) is 29.4 Å². The summed E-state index contributed by atoms with van der Waals surface area (Å²) in [6, 6.07) is 7.62. The van der Waals surface area contributed by atoms with Crippen molar-refractivity contribution in [2.45, 2.75) is 63.4 Å². The zero-order valence-electron chi connectivity index (χ0n) is 18.8. The Morgan fingerprint density at radius 2 is 1.71 bits per heavy atom. The Labute approximate surface area is 205 Å². The van der Waals surface area contributed by atoms with Gasteiger partial charge < -0.3 is 15.5 Å². The van der Waals surface area contributed by atoms with Crippen molar-refractivity contribution in [2.24, 2.45) is 4.99 Å². The van der Waals surface area contributed by atoms with Crippen molar-refractivity contribution < 1.29 is 8.42 Å². The Morgan fingerprint density at radius 1 is 1.06 bits per heavy atom. The van der Waals surface area contributed by atoms with Gasteiger partial charge in [-0.1, -0.05) is 19.1 Å². The lowest BCUT2D eigenvalue weighted by Gasteiger charge is -2.32. The standard InChI is InChI=1S/C22H37N5O2S.HI/c1-3-13-26-16-11-20(12-17-26)25-22(23-4-2)24-18-19-7-9-21(10-8-19)30(28,29)27-14-5-6-15-27;/h7-10,20H,3-6,11-18H2,1-2H3,(H2,23,24,25);1H. The first-order valence-electron chi connectivity index (χ1n) is 11.4. The normalized spacial score (nSPS) is 19.2. The third-order valence-corrected chi connectivity index (χ3v) is 7.77. The van der Waals surface area contributed by atoms with E-state index < -0.39 is 10.0 Å². The van der Waals surface area contributed by atoms with Gasteiger partial charge in [-0.05, 0) is 63.3 Å². The maximum atomic E-state index is 12.7. The monoisotopic (exact) mass is 563 g/mol. The Morgan fingerprint density at radius 3 is 2.29 bits per heavy atom. The number of hydrogen-bond acceptors (Lipinski definition) is 4. The molecule has 0 aliphatic carbocycles. The molecule has 31 heavy (non-hydrogen) atoms. The molecular formula is C22H38IN5O2S. The van der Waals surface area contributed by atoms with Crippen LogP contribution in [-0.2, 0) is 16.6 Å². The maximum Gasteiger partial charge on any atom is 0.243 e. The molecule has 0 spiro atoms. The summed E-state index contributed by atoms with van der Waals surface area (Å²) in [6.07, 6.45) is 5.37. The van der Waals surface area contributed by atoms with Gasteiger partial charge in [0.25, 0.3) is 0 Å². The molecule has 9 heteroatoms. The molecule has 0 amide bonds. The fraction of sp³-hybridized carbons (Fsp3) is 0.682. The van der Waals surface area contributed by atoms with Gasteiger partial charge in [-0.2, -0.15) is 4.31 Å². The minimum Gasteiger partial charge on any atom is -0.357 e. The Kier molecular flexibility index (Phi) is 11.0. The van der Waals surface area contributed by atoms with Crippen molar-refractivity contribution in [1.29, 1.82) is 0 Å². The first kappa shape index (κ1) is 26.3. The topological polar surface area (TPSA) is 77.0 Å². The summed E-state index contributed by atoms with van der Waals surface area (Å²) in [4.78, 5) is 7.63. The van der Waals surface area contributed by atoms with E-state index in [-0.39, 0.29) is 24.0 Å². The van der Waals surface area contributed by atoms with E-state index in [0.29, 0.717) is 30.6 Å². The van der Waals surface area contributed by atoms with Crippen LogP contribution in [0.2, 0.25) is 0 Å². The summed E-state index contributed by atoms with van der Waals surface area (Å²) in [5.41, 5.74) is 1.00. The number of nitrogens with zero attached hydrogens (tertiary/aromatic N) is 3. The van der Waals surface area contributed by atoms with Gasteiger partial charge in [0.2, 0.25) is 10.0 Å². The molecule has 0 radical (unpaired) electrons. The minimum atomic E-state index is -3.35. The summed E-state index contributed by atoms with van der Waals surface area (Å²) < 4.78 is 26.9. The van der Waals surface area contributed by atoms with Crippen LogP contribution in [0, 0.1) is 0 Å². The molecule has 0 atom stereocenters. The fourth-order valence-corrected chi connectivity index (χ4v) is 5.66. The number of halogens is 1. The lowest BCUT2D eigenvalue weighted by atomic mass is 10.1. The van der Waals surface area contributed by atoms with Gasteiger partial charge in [0.15, 0.2) is 5.96 Å². The molecule has 2 heterocycles. The molecule has 1 aromatic carbocycles. The average molecular weight is 564 g/mol. The largest absolute Gasteiger partial charge is 0.357 e. The number of nitrogens with one attached hydrogen (secondary N) is 2. The molecule has 7 nitrogen and oxygen atoms in total.